The molecule has 11 rings (SSSR count). The molecule has 4 fully saturated rings. The molecular weight excluding hydrogens is 599 g/mol. The average molecular weight is 634 g/mol. The topological polar surface area (TPSA) is 67.4 Å². The number of rotatable bonds is 5. The highest BCUT2D eigenvalue weighted by molar-refractivity contribution is 6.13. The Kier molecular flexibility index (Phi) is 6.36. The molecule has 0 atom stereocenters. The minimum atomic E-state index is 0.346. The molecule has 0 amide bonds. The fourth-order valence-corrected chi connectivity index (χ4v) is 9.94. The third-order valence-electron chi connectivity index (χ3n) is 11.6. The first-order valence-corrected chi connectivity index (χ1v) is 17.6. The van der Waals surface area contributed by atoms with Crippen LogP contribution in [0.5, 0.6) is 0 Å². The molecule has 2 heterocycles. The number of hydrogen-bond acceptors (Lipinski definition) is 4. The maximum atomic E-state index is 9.77. The number of para-hydroxylation sites is 2. The van der Waals surface area contributed by atoms with E-state index < -0.39 is 0 Å². The molecule has 0 unspecified atom stereocenters. The van der Waals surface area contributed by atoms with Crippen LogP contribution in [0.3, 0.4) is 0 Å². The van der Waals surface area contributed by atoms with Crippen molar-refractivity contribution >= 4 is 21.8 Å². The molecule has 2 aromatic heterocycles. The van der Waals surface area contributed by atoms with Crippen molar-refractivity contribution in [3.63, 3.8) is 0 Å². The maximum Gasteiger partial charge on any atom is 0.166 e. The highest BCUT2D eigenvalue weighted by Crippen LogP contribution is 2.60. The van der Waals surface area contributed by atoms with Crippen LogP contribution in [0, 0.1) is 29.1 Å². The van der Waals surface area contributed by atoms with Gasteiger partial charge >= 0.3 is 0 Å². The van der Waals surface area contributed by atoms with Crippen LogP contribution < -0.4 is 0 Å². The Labute approximate surface area is 285 Å². The van der Waals surface area contributed by atoms with Gasteiger partial charge in [-0.1, -0.05) is 84.9 Å². The van der Waals surface area contributed by atoms with E-state index in [9.17, 15) is 5.26 Å². The lowest BCUT2D eigenvalue weighted by Gasteiger charge is -2.57. The van der Waals surface area contributed by atoms with E-state index in [2.05, 4.69) is 89.5 Å². The van der Waals surface area contributed by atoms with Crippen molar-refractivity contribution in [2.75, 3.05) is 0 Å². The van der Waals surface area contributed by atoms with E-state index in [0.29, 0.717) is 28.5 Å². The second-order valence-electron chi connectivity index (χ2n) is 14.7. The highest BCUT2D eigenvalue weighted by atomic mass is 15.0. The lowest BCUT2D eigenvalue weighted by atomic mass is 9.48. The third kappa shape index (κ3) is 4.62. The van der Waals surface area contributed by atoms with E-state index >= 15 is 0 Å². The van der Waals surface area contributed by atoms with Gasteiger partial charge in [0.2, 0.25) is 0 Å². The van der Waals surface area contributed by atoms with E-state index in [1.54, 1.807) is 0 Å². The molecule has 5 aromatic carbocycles. The van der Waals surface area contributed by atoms with E-state index in [4.69, 9.17) is 15.0 Å². The van der Waals surface area contributed by atoms with Crippen molar-refractivity contribution < 1.29 is 0 Å². The van der Waals surface area contributed by atoms with E-state index in [0.717, 1.165) is 61.9 Å². The Morgan fingerprint density at radius 1 is 0.592 bits per heavy atom. The van der Waals surface area contributed by atoms with Gasteiger partial charge in [-0.15, -0.1) is 0 Å². The molecule has 5 heteroatoms. The van der Waals surface area contributed by atoms with Crippen LogP contribution in [0.1, 0.15) is 49.7 Å². The van der Waals surface area contributed by atoms with Crippen LogP contribution in [-0.2, 0) is 5.41 Å². The fourth-order valence-electron chi connectivity index (χ4n) is 9.94. The van der Waals surface area contributed by atoms with Gasteiger partial charge in [0, 0.05) is 33.2 Å². The zero-order valence-electron chi connectivity index (χ0n) is 27.3. The van der Waals surface area contributed by atoms with E-state index in [-0.39, 0.29) is 0 Å². The van der Waals surface area contributed by atoms with Crippen LogP contribution >= 0.6 is 0 Å². The van der Waals surface area contributed by atoms with Crippen LogP contribution in [0.15, 0.2) is 121 Å². The summed E-state index contributed by atoms with van der Waals surface area (Å²) in [5, 5.41) is 11.8. The van der Waals surface area contributed by atoms with Crippen molar-refractivity contribution in [1.82, 2.24) is 19.5 Å². The molecule has 0 spiro atoms. The van der Waals surface area contributed by atoms with Gasteiger partial charge in [0.25, 0.3) is 0 Å². The zero-order valence-corrected chi connectivity index (χ0v) is 27.3. The Balaban J connectivity index is 1.16. The molecule has 0 aliphatic heterocycles. The Morgan fingerprint density at radius 2 is 1.20 bits per heavy atom. The molecule has 4 saturated carbocycles. The quantitative estimate of drug-likeness (QED) is 0.189. The minimum absolute atomic E-state index is 0.346. The standard InChI is InChI=1S/C44H35N5/c45-27-28-14-19-39-38(23-28)36-12-7-13-37(40(36)49(39)35-10-5-2-6-11-35)43-47-41(32-8-3-1-4-9-32)46-42(48-43)33-15-17-34(18-16-33)44-24-29-20-30(25-44)22-31(21-29)26-44/h1-19,23,29-31H,20-22,24-26H2/t29-,30+,31-,44?. The van der Waals surface area contributed by atoms with Gasteiger partial charge in [0.05, 0.1) is 22.7 Å². The third-order valence-corrected chi connectivity index (χ3v) is 11.6. The fraction of sp³-hybridized carbons (Fsp3) is 0.227. The van der Waals surface area contributed by atoms with E-state index in [1.807, 2.05) is 42.5 Å². The molecule has 5 nitrogen and oxygen atoms in total. The summed E-state index contributed by atoms with van der Waals surface area (Å²) >= 11 is 0. The predicted molar refractivity (Wildman–Crippen MR) is 195 cm³/mol. The zero-order chi connectivity index (χ0) is 32.5. The van der Waals surface area contributed by atoms with Gasteiger partial charge in [-0.2, -0.15) is 5.26 Å². The summed E-state index contributed by atoms with van der Waals surface area (Å²) in [5.74, 6) is 4.67. The second kappa shape index (κ2) is 11.0. The van der Waals surface area contributed by atoms with E-state index in [1.165, 1.54) is 44.1 Å². The molecular formula is C44H35N5. The van der Waals surface area contributed by atoms with Crippen LogP contribution in [0.4, 0.5) is 0 Å². The lowest BCUT2D eigenvalue weighted by molar-refractivity contribution is -0.00518. The summed E-state index contributed by atoms with van der Waals surface area (Å²) in [7, 11) is 0. The summed E-state index contributed by atoms with van der Waals surface area (Å²) in [5.41, 5.74) is 8.43. The first-order valence-electron chi connectivity index (χ1n) is 17.6. The van der Waals surface area contributed by atoms with Gasteiger partial charge < -0.3 is 4.57 Å². The summed E-state index contributed by atoms with van der Waals surface area (Å²) in [6.45, 7) is 0. The normalized spacial score (nSPS) is 22.5. The smallest absolute Gasteiger partial charge is 0.166 e. The SMILES string of the molecule is N#Cc1ccc2c(c1)c1cccc(-c3nc(-c4ccccc4)nc(-c4ccc(C56C[C@H]7C[C@@H](C5)C[C@@H](C6)C7)cc4)n3)c1n2-c1ccccc1. The first-order chi connectivity index (χ1) is 24.1. The van der Waals surface area contributed by atoms with Crippen LogP contribution in [0.25, 0.3) is 61.7 Å². The predicted octanol–water partition coefficient (Wildman–Crippen LogP) is 10.3. The van der Waals surface area contributed by atoms with Crippen LogP contribution in [-0.4, -0.2) is 19.5 Å². The molecule has 4 aliphatic carbocycles. The average Bonchev–Trinajstić information content (AvgIpc) is 3.49. The Bertz CT molecular complexity index is 2380. The van der Waals surface area contributed by atoms with Crippen molar-refractivity contribution in [3.8, 4) is 45.9 Å². The monoisotopic (exact) mass is 633 g/mol. The molecule has 4 aliphatic rings. The maximum absolute atomic E-state index is 9.77. The van der Waals surface area contributed by atoms with Gasteiger partial charge in [0.15, 0.2) is 17.5 Å². The van der Waals surface area contributed by atoms with Gasteiger partial charge in [0.1, 0.15) is 0 Å². The van der Waals surface area contributed by atoms with Crippen molar-refractivity contribution in [3.05, 3.63) is 132 Å². The lowest BCUT2D eigenvalue weighted by Crippen LogP contribution is -2.48. The molecule has 4 bridgehead atoms. The molecule has 0 N–H and O–H groups in total. The Morgan fingerprint density at radius 3 is 1.86 bits per heavy atom. The van der Waals surface area contributed by atoms with Gasteiger partial charge in [-0.05, 0) is 104 Å². The van der Waals surface area contributed by atoms with Gasteiger partial charge in [-0.3, -0.25) is 0 Å². The number of hydrogen-bond donors (Lipinski definition) is 0. The molecule has 7 aromatic rings. The summed E-state index contributed by atoms with van der Waals surface area (Å²) in [6.07, 6.45) is 8.39. The van der Waals surface area contributed by atoms with Gasteiger partial charge in [-0.25, -0.2) is 15.0 Å². The van der Waals surface area contributed by atoms with Crippen molar-refractivity contribution in [2.45, 2.75) is 43.9 Å². The van der Waals surface area contributed by atoms with Crippen molar-refractivity contribution in [2.24, 2.45) is 17.8 Å². The molecule has 49 heavy (non-hydrogen) atoms. The number of aromatic nitrogens is 4. The largest absolute Gasteiger partial charge is 0.308 e. The van der Waals surface area contributed by atoms with Crippen LogP contribution in [0.2, 0.25) is 0 Å². The molecule has 0 radical (unpaired) electrons. The molecule has 0 saturated heterocycles. The molecule has 236 valence electrons. The summed E-state index contributed by atoms with van der Waals surface area (Å²) in [4.78, 5) is 15.4. The highest BCUT2D eigenvalue weighted by Gasteiger charge is 2.51. The number of fused-ring (bicyclic) bond motifs is 3. The number of nitrogens with zero attached hydrogens (tertiary/aromatic N) is 5. The summed E-state index contributed by atoms with van der Waals surface area (Å²) in [6, 6.07) is 44.4. The van der Waals surface area contributed by atoms with Crippen molar-refractivity contribution in [1.29, 1.82) is 5.26 Å². The summed E-state index contributed by atoms with van der Waals surface area (Å²) < 4.78 is 2.27. The Hall–Kier alpha value is -5.60. The minimum Gasteiger partial charge on any atom is -0.308 e. The number of benzene rings is 5. The first kappa shape index (κ1) is 28.4. The number of nitriles is 1. The second-order valence-corrected chi connectivity index (χ2v) is 14.7.